The summed E-state index contributed by atoms with van der Waals surface area (Å²) in [5, 5.41) is 14.2. The predicted octanol–water partition coefficient (Wildman–Crippen LogP) is 2.01. The lowest BCUT2D eigenvalue weighted by Crippen LogP contribution is -2.28. The number of para-hydroxylation sites is 1. The number of amides is 2. The summed E-state index contributed by atoms with van der Waals surface area (Å²) in [7, 11) is 1.72. The zero-order valence-corrected chi connectivity index (χ0v) is 15.0. The first-order chi connectivity index (χ1) is 13.5. The summed E-state index contributed by atoms with van der Waals surface area (Å²) in [5.41, 5.74) is 1.52. The molecular weight excluding hydrogens is 363 g/mol. The van der Waals surface area contributed by atoms with Gasteiger partial charge in [-0.15, -0.1) is 5.10 Å². The number of hydrogen-bond donors (Lipinski definition) is 1. The van der Waals surface area contributed by atoms with E-state index in [0.717, 1.165) is 5.56 Å². The Morgan fingerprint density at radius 1 is 1.21 bits per heavy atom. The van der Waals surface area contributed by atoms with Crippen LogP contribution in [0.1, 0.15) is 6.42 Å². The van der Waals surface area contributed by atoms with Gasteiger partial charge in [-0.3, -0.25) is 9.59 Å². The fraction of sp³-hybridized carbons (Fsp3) is 0.211. The fourth-order valence-corrected chi connectivity index (χ4v) is 3.24. The van der Waals surface area contributed by atoms with Crippen LogP contribution in [0.5, 0.6) is 0 Å². The van der Waals surface area contributed by atoms with E-state index < -0.39 is 11.7 Å². The SMILES string of the molecule is Cn1nnnc1-c1cccc(NC(=O)[C@@H]2CC(=O)N(c3ccccc3F)C2)c1. The van der Waals surface area contributed by atoms with E-state index in [2.05, 4.69) is 20.8 Å². The van der Waals surface area contributed by atoms with Gasteiger partial charge in [-0.05, 0) is 34.7 Å². The quantitative estimate of drug-likeness (QED) is 0.747. The Labute approximate surface area is 160 Å². The summed E-state index contributed by atoms with van der Waals surface area (Å²) in [6, 6.07) is 13.2. The van der Waals surface area contributed by atoms with Crippen LogP contribution in [0, 0.1) is 11.7 Å². The van der Waals surface area contributed by atoms with Gasteiger partial charge < -0.3 is 10.2 Å². The Morgan fingerprint density at radius 2 is 2.04 bits per heavy atom. The first-order valence-corrected chi connectivity index (χ1v) is 8.71. The number of carbonyl (C=O) groups is 2. The second kappa shape index (κ2) is 7.18. The van der Waals surface area contributed by atoms with Crippen molar-refractivity contribution in [1.82, 2.24) is 20.2 Å². The Bertz CT molecular complexity index is 1050. The van der Waals surface area contributed by atoms with Gasteiger partial charge in [-0.25, -0.2) is 9.07 Å². The van der Waals surface area contributed by atoms with E-state index in [0.29, 0.717) is 11.5 Å². The molecule has 0 saturated carbocycles. The minimum atomic E-state index is -0.563. The molecule has 1 aliphatic heterocycles. The van der Waals surface area contributed by atoms with Crippen LogP contribution in [0.15, 0.2) is 48.5 Å². The molecule has 28 heavy (non-hydrogen) atoms. The second-order valence-corrected chi connectivity index (χ2v) is 6.55. The van der Waals surface area contributed by atoms with Crippen LogP contribution in [0.2, 0.25) is 0 Å². The predicted molar refractivity (Wildman–Crippen MR) is 99.7 cm³/mol. The molecule has 1 aliphatic rings. The van der Waals surface area contributed by atoms with E-state index in [-0.39, 0.29) is 30.5 Å². The number of nitrogens with zero attached hydrogens (tertiary/aromatic N) is 5. The van der Waals surface area contributed by atoms with E-state index >= 15 is 0 Å². The molecule has 0 aliphatic carbocycles. The first kappa shape index (κ1) is 17.8. The summed E-state index contributed by atoms with van der Waals surface area (Å²) >= 11 is 0. The lowest BCUT2D eigenvalue weighted by atomic mass is 10.1. The van der Waals surface area contributed by atoms with E-state index in [1.165, 1.54) is 21.7 Å². The van der Waals surface area contributed by atoms with Crippen molar-refractivity contribution in [3.05, 3.63) is 54.3 Å². The molecule has 0 bridgehead atoms. The molecule has 142 valence electrons. The van der Waals surface area contributed by atoms with Crippen molar-refractivity contribution in [3.63, 3.8) is 0 Å². The summed E-state index contributed by atoms with van der Waals surface area (Å²) in [6.07, 6.45) is 0.0348. The third kappa shape index (κ3) is 3.34. The maximum Gasteiger partial charge on any atom is 0.229 e. The van der Waals surface area contributed by atoms with Gasteiger partial charge >= 0.3 is 0 Å². The van der Waals surface area contributed by atoms with Crippen molar-refractivity contribution in [3.8, 4) is 11.4 Å². The maximum absolute atomic E-state index is 14.0. The molecule has 1 N–H and O–H groups in total. The monoisotopic (exact) mass is 380 g/mol. The lowest BCUT2D eigenvalue weighted by molar-refractivity contribution is -0.122. The van der Waals surface area contributed by atoms with Crippen LogP contribution in [0.25, 0.3) is 11.4 Å². The van der Waals surface area contributed by atoms with Gasteiger partial charge in [0.05, 0.1) is 11.6 Å². The van der Waals surface area contributed by atoms with Crippen LogP contribution < -0.4 is 10.2 Å². The van der Waals surface area contributed by atoms with Crippen molar-refractivity contribution in [1.29, 1.82) is 0 Å². The maximum atomic E-state index is 14.0. The van der Waals surface area contributed by atoms with Crippen LogP contribution in [0.3, 0.4) is 0 Å². The third-order valence-electron chi connectivity index (χ3n) is 4.65. The molecule has 1 atom stereocenters. The molecule has 1 saturated heterocycles. The minimum absolute atomic E-state index is 0.0348. The number of halogens is 1. The van der Waals surface area contributed by atoms with E-state index in [1.54, 1.807) is 37.4 Å². The Kier molecular flexibility index (Phi) is 4.56. The van der Waals surface area contributed by atoms with Crippen LogP contribution >= 0.6 is 0 Å². The topological polar surface area (TPSA) is 93.0 Å². The smallest absolute Gasteiger partial charge is 0.229 e. The van der Waals surface area contributed by atoms with Crippen molar-refractivity contribution in [2.75, 3.05) is 16.8 Å². The average Bonchev–Trinajstić information content (AvgIpc) is 3.28. The van der Waals surface area contributed by atoms with Gasteiger partial charge in [-0.1, -0.05) is 24.3 Å². The molecule has 0 spiro atoms. The molecule has 0 radical (unpaired) electrons. The molecule has 3 aromatic rings. The largest absolute Gasteiger partial charge is 0.326 e. The van der Waals surface area contributed by atoms with Gasteiger partial charge in [0, 0.05) is 31.3 Å². The lowest BCUT2D eigenvalue weighted by Gasteiger charge is -2.17. The standard InChI is InChI=1S/C19H17FN6O2/c1-25-18(22-23-24-25)12-5-4-6-14(9-12)21-19(28)13-10-17(27)26(11-13)16-8-3-2-7-15(16)20/h2-9,13H,10-11H2,1H3,(H,21,28)/t13-/m1/s1. The highest BCUT2D eigenvalue weighted by molar-refractivity contribution is 6.03. The van der Waals surface area contributed by atoms with Crippen LogP contribution in [-0.4, -0.2) is 38.6 Å². The second-order valence-electron chi connectivity index (χ2n) is 6.55. The number of tetrazole rings is 1. The highest BCUT2D eigenvalue weighted by Crippen LogP contribution is 2.28. The summed E-state index contributed by atoms with van der Waals surface area (Å²) in [6.45, 7) is 0.137. The van der Waals surface area contributed by atoms with Gasteiger partial charge in [-0.2, -0.15) is 0 Å². The molecule has 1 aromatic heterocycles. The third-order valence-corrected chi connectivity index (χ3v) is 4.65. The summed E-state index contributed by atoms with van der Waals surface area (Å²) < 4.78 is 15.5. The van der Waals surface area contributed by atoms with Gasteiger partial charge in [0.15, 0.2) is 5.82 Å². The van der Waals surface area contributed by atoms with E-state index in [9.17, 15) is 14.0 Å². The zero-order chi connectivity index (χ0) is 19.7. The molecule has 1 fully saturated rings. The zero-order valence-electron chi connectivity index (χ0n) is 15.0. The molecular formula is C19H17FN6O2. The molecule has 0 unspecified atom stereocenters. The highest BCUT2D eigenvalue weighted by Gasteiger charge is 2.36. The molecule has 4 rings (SSSR count). The molecule has 2 aromatic carbocycles. The first-order valence-electron chi connectivity index (χ1n) is 8.71. The minimum Gasteiger partial charge on any atom is -0.326 e. The van der Waals surface area contributed by atoms with E-state index in [1.807, 2.05) is 6.07 Å². The van der Waals surface area contributed by atoms with Gasteiger partial charge in [0.2, 0.25) is 11.8 Å². The number of anilines is 2. The van der Waals surface area contributed by atoms with Gasteiger partial charge in [0.25, 0.3) is 0 Å². The summed E-state index contributed by atoms with van der Waals surface area (Å²) in [5.74, 6) is -1.04. The number of nitrogens with one attached hydrogen (secondary N) is 1. The highest BCUT2D eigenvalue weighted by atomic mass is 19.1. The van der Waals surface area contributed by atoms with Crippen molar-refractivity contribution in [2.45, 2.75) is 6.42 Å². The van der Waals surface area contributed by atoms with Crippen molar-refractivity contribution >= 4 is 23.2 Å². The Hall–Kier alpha value is -3.62. The van der Waals surface area contributed by atoms with Crippen LogP contribution in [-0.2, 0) is 16.6 Å². The fourth-order valence-electron chi connectivity index (χ4n) is 3.24. The number of benzene rings is 2. The molecule has 8 nitrogen and oxygen atoms in total. The normalized spacial score (nSPS) is 16.4. The van der Waals surface area contributed by atoms with Crippen molar-refractivity contribution in [2.24, 2.45) is 13.0 Å². The number of carbonyl (C=O) groups excluding carboxylic acids is 2. The number of aryl methyl sites for hydroxylation is 1. The van der Waals surface area contributed by atoms with Gasteiger partial charge in [0.1, 0.15) is 5.82 Å². The van der Waals surface area contributed by atoms with E-state index in [4.69, 9.17) is 0 Å². The molecule has 2 amide bonds. The number of rotatable bonds is 4. The molecule has 9 heteroatoms. The number of hydrogen-bond acceptors (Lipinski definition) is 5. The number of aromatic nitrogens is 4. The average molecular weight is 380 g/mol. The van der Waals surface area contributed by atoms with Crippen molar-refractivity contribution < 1.29 is 14.0 Å². The Balaban J connectivity index is 1.48. The summed E-state index contributed by atoms with van der Waals surface area (Å²) in [4.78, 5) is 26.3. The Morgan fingerprint density at radius 3 is 2.79 bits per heavy atom. The van der Waals surface area contributed by atoms with Crippen LogP contribution in [0.4, 0.5) is 15.8 Å². The molecule has 2 heterocycles.